The zero-order chi connectivity index (χ0) is 12.5. The van der Waals surface area contributed by atoms with Gasteiger partial charge < -0.3 is 9.47 Å². The molecule has 0 aliphatic heterocycles. The van der Waals surface area contributed by atoms with Crippen molar-refractivity contribution >= 4 is 5.78 Å². The molecule has 1 rings (SSSR count). The van der Waals surface area contributed by atoms with Crippen LogP contribution in [0.4, 0.5) is 0 Å². The average molecular weight is 237 g/mol. The van der Waals surface area contributed by atoms with Crippen molar-refractivity contribution in [3.8, 4) is 5.75 Å². The fourth-order valence-electron chi connectivity index (χ4n) is 1.26. The molecule has 0 spiro atoms. The maximum atomic E-state index is 11.7. The number of carbonyl (C=O) groups is 1. The van der Waals surface area contributed by atoms with Crippen LogP contribution in [0, 0.1) is 0 Å². The van der Waals surface area contributed by atoms with E-state index in [1.165, 1.54) is 6.20 Å². The van der Waals surface area contributed by atoms with Crippen molar-refractivity contribution in [2.75, 3.05) is 19.8 Å². The van der Waals surface area contributed by atoms with Crippen LogP contribution >= 0.6 is 0 Å². The van der Waals surface area contributed by atoms with Crippen molar-refractivity contribution in [1.82, 2.24) is 4.98 Å². The van der Waals surface area contributed by atoms with E-state index >= 15 is 0 Å². The van der Waals surface area contributed by atoms with Crippen LogP contribution in [0.15, 0.2) is 18.5 Å². The van der Waals surface area contributed by atoms with Crippen LogP contribution in [0.25, 0.3) is 0 Å². The van der Waals surface area contributed by atoms with E-state index in [0.29, 0.717) is 24.5 Å². The highest BCUT2D eigenvalue weighted by Gasteiger charge is 2.07. The van der Waals surface area contributed by atoms with Crippen molar-refractivity contribution in [3.05, 3.63) is 24.0 Å². The lowest BCUT2D eigenvalue weighted by Gasteiger charge is -2.06. The van der Waals surface area contributed by atoms with Crippen molar-refractivity contribution < 1.29 is 14.3 Å². The predicted octanol–water partition coefficient (Wildman–Crippen LogP) is 2.48. The fourth-order valence-corrected chi connectivity index (χ4v) is 1.26. The Hall–Kier alpha value is -1.42. The van der Waals surface area contributed by atoms with Crippen molar-refractivity contribution in [3.63, 3.8) is 0 Å². The molecular weight excluding hydrogens is 218 g/mol. The second kappa shape index (κ2) is 7.79. The molecule has 0 fully saturated rings. The first-order valence-electron chi connectivity index (χ1n) is 5.96. The molecule has 0 aliphatic rings. The molecular formula is C13H19NO3. The molecule has 17 heavy (non-hydrogen) atoms. The summed E-state index contributed by atoms with van der Waals surface area (Å²) in [5.74, 6) is 0.570. The molecule has 0 aliphatic carbocycles. The van der Waals surface area contributed by atoms with Crippen molar-refractivity contribution in [1.29, 1.82) is 0 Å². The highest BCUT2D eigenvalue weighted by atomic mass is 16.5. The molecule has 0 amide bonds. The Balaban J connectivity index is 2.54. The second-order valence-electron chi connectivity index (χ2n) is 3.73. The highest BCUT2D eigenvalue weighted by Crippen LogP contribution is 2.12. The van der Waals surface area contributed by atoms with Crippen LogP contribution < -0.4 is 4.74 Å². The molecule has 1 aromatic rings. The van der Waals surface area contributed by atoms with E-state index in [1.54, 1.807) is 12.3 Å². The summed E-state index contributed by atoms with van der Waals surface area (Å²) >= 11 is 0. The van der Waals surface area contributed by atoms with Crippen LogP contribution in [0.2, 0.25) is 0 Å². The molecule has 4 heteroatoms. The molecule has 4 nitrogen and oxygen atoms in total. The molecule has 0 unspecified atom stereocenters. The number of pyridine rings is 1. The Morgan fingerprint density at radius 1 is 1.24 bits per heavy atom. The minimum absolute atomic E-state index is 0.0621. The van der Waals surface area contributed by atoms with E-state index < -0.39 is 0 Å². The monoisotopic (exact) mass is 237 g/mol. The van der Waals surface area contributed by atoms with Crippen LogP contribution in [-0.4, -0.2) is 30.6 Å². The Morgan fingerprint density at radius 2 is 2.00 bits per heavy atom. The molecule has 0 radical (unpaired) electrons. The van der Waals surface area contributed by atoms with Gasteiger partial charge in [-0.05, 0) is 18.9 Å². The first kappa shape index (κ1) is 13.6. The summed E-state index contributed by atoms with van der Waals surface area (Å²) in [5, 5.41) is 0. The molecule has 0 saturated heterocycles. The number of ketones is 1. The van der Waals surface area contributed by atoms with Gasteiger partial charge in [0.25, 0.3) is 0 Å². The normalized spacial score (nSPS) is 10.2. The Kier molecular flexibility index (Phi) is 6.25. The van der Waals surface area contributed by atoms with E-state index in [2.05, 4.69) is 4.98 Å². The standard InChI is InChI=1S/C13H19NO3/c1-3-5-16-10-13(15)11-7-12(9-14-8-11)17-6-4-2/h7-9H,3-6,10H2,1-2H3. The first-order valence-corrected chi connectivity index (χ1v) is 5.96. The summed E-state index contributed by atoms with van der Waals surface area (Å²) in [6.07, 6.45) is 4.98. The zero-order valence-electron chi connectivity index (χ0n) is 10.4. The third kappa shape index (κ3) is 4.95. The third-order valence-corrected chi connectivity index (χ3v) is 2.09. The topological polar surface area (TPSA) is 48.4 Å². The lowest BCUT2D eigenvalue weighted by molar-refractivity contribution is 0.0760. The van der Waals surface area contributed by atoms with Crippen LogP contribution in [0.1, 0.15) is 37.0 Å². The van der Waals surface area contributed by atoms with Gasteiger partial charge in [0, 0.05) is 18.4 Å². The van der Waals surface area contributed by atoms with Gasteiger partial charge in [-0.2, -0.15) is 0 Å². The Labute approximate surface area is 102 Å². The second-order valence-corrected chi connectivity index (χ2v) is 3.73. The van der Waals surface area contributed by atoms with Gasteiger partial charge in [0.1, 0.15) is 12.4 Å². The van der Waals surface area contributed by atoms with Gasteiger partial charge in [-0.25, -0.2) is 0 Å². The minimum atomic E-state index is -0.0621. The number of rotatable bonds is 8. The van der Waals surface area contributed by atoms with E-state index in [4.69, 9.17) is 9.47 Å². The molecule has 0 saturated carbocycles. The molecule has 94 valence electrons. The van der Waals surface area contributed by atoms with Gasteiger partial charge in [0.2, 0.25) is 0 Å². The molecule has 0 aromatic carbocycles. The number of nitrogens with zero attached hydrogens (tertiary/aromatic N) is 1. The molecule has 0 N–H and O–H groups in total. The predicted molar refractivity (Wildman–Crippen MR) is 65.5 cm³/mol. The third-order valence-electron chi connectivity index (χ3n) is 2.09. The largest absolute Gasteiger partial charge is 0.492 e. The van der Waals surface area contributed by atoms with Gasteiger partial charge in [0.15, 0.2) is 5.78 Å². The molecule has 0 bridgehead atoms. The summed E-state index contributed by atoms with van der Waals surface area (Å²) in [6.45, 7) is 5.37. The fraction of sp³-hybridized carbons (Fsp3) is 0.538. The van der Waals surface area contributed by atoms with Crippen molar-refractivity contribution in [2.45, 2.75) is 26.7 Å². The quantitative estimate of drug-likeness (QED) is 0.515. The maximum absolute atomic E-state index is 11.7. The molecule has 1 heterocycles. The summed E-state index contributed by atoms with van der Waals surface area (Å²) in [6, 6.07) is 1.71. The maximum Gasteiger partial charge on any atom is 0.190 e. The number of carbonyl (C=O) groups excluding carboxylic acids is 1. The Bertz CT molecular complexity index is 352. The van der Waals surface area contributed by atoms with Crippen LogP contribution in [0.3, 0.4) is 0 Å². The summed E-state index contributed by atoms with van der Waals surface area (Å²) in [7, 11) is 0. The van der Waals surface area contributed by atoms with E-state index in [-0.39, 0.29) is 12.4 Å². The number of hydrogen-bond acceptors (Lipinski definition) is 4. The van der Waals surface area contributed by atoms with Crippen LogP contribution in [-0.2, 0) is 4.74 Å². The van der Waals surface area contributed by atoms with Gasteiger partial charge in [0.05, 0.1) is 12.8 Å². The summed E-state index contributed by atoms with van der Waals surface area (Å²) in [5.41, 5.74) is 0.537. The van der Waals surface area contributed by atoms with Gasteiger partial charge >= 0.3 is 0 Å². The lowest BCUT2D eigenvalue weighted by Crippen LogP contribution is -2.10. The van der Waals surface area contributed by atoms with Crippen molar-refractivity contribution in [2.24, 2.45) is 0 Å². The highest BCUT2D eigenvalue weighted by molar-refractivity contribution is 5.97. The lowest BCUT2D eigenvalue weighted by atomic mass is 10.2. The van der Waals surface area contributed by atoms with E-state index in [0.717, 1.165) is 12.8 Å². The number of hydrogen-bond donors (Lipinski definition) is 0. The Morgan fingerprint density at radius 3 is 2.71 bits per heavy atom. The van der Waals surface area contributed by atoms with Gasteiger partial charge in [-0.1, -0.05) is 13.8 Å². The smallest absolute Gasteiger partial charge is 0.190 e. The molecule has 1 aromatic heterocycles. The minimum Gasteiger partial charge on any atom is -0.492 e. The average Bonchev–Trinajstić information content (AvgIpc) is 2.37. The summed E-state index contributed by atoms with van der Waals surface area (Å²) < 4.78 is 10.6. The number of aromatic nitrogens is 1. The zero-order valence-corrected chi connectivity index (χ0v) is 10.4. The SMILES string of the molecule is CCCOCC(=O)c1cncc(OCCC)c1. The van der Waals surface area contributed by atoms with E-state index in [1.807, 2.05) is 13.8 Å². The van der Waals surface area contributed by atoms with E-state index in [9.17, 15) is 4.79 Å². The summed E-state index contributed by atoms with van der Waals surface area (Å²) in [4.78, 5) is 15.7. The number of Topliss-reactive ketones (excluding diaryl/α,β-unsaturated/α-hetero) is 1. The number of ether oxygens (including phenoxy) is 2. The van der Waals surface area contributed by atoms with Crippen LogP contribution in [0.5, 0.6) is 5.75 Å². The van der Waals surface area contributed by atoms with Gasteiger partial charge in [-0.15, -0.1) is 0 Å². The first-order chi connectivity index (χ1) is 8.27. The van der Waals surface area contributed by atoms with Gasteiger partial charge in [-0.3, -0.25) is 9.78 Å². The molecule has 0 atom stereocenters.